The number of fused-ring (bicyclic) bond motifs is 4. The minimum Gasteiger partial charge on any atom is -0.438 e. The largest absolute Gasteiger partial charge is 0.438 e. The number of thiazole rings is 2. The molecule has 4 aromatic carbocycles. The van der Waals surface area contributed by atoms with Crippen LogP contribution in [0, 0.1) is 17.8 Å². The number of nitrogens with zero attached hydrogens (tertiary/aromatic N) is 6. The van der Waals surface area contributed by atoms with E-state index in [1.54, 1.807) is 62.5 Å². The van der Waals surface area contributed by atoms with Crippen molar-refractivity contribution >= 4 is 56.6 Å². The van der Waals surface area contributed by atoms with Crippen LogP contribution in [0.4, 0.5) is 10.3 Å². The molecule has 16 heteroatoms. The van der Waals surface area contributed by atoms with Crippen molar-refractivity contribution in [2.24, 2.45) is 10.8 Å². The summed E-state index contributed by atoms with van der Waals surface area (Å²) in [7, 11) is 6.93. The number of carbonyl (C=O) groups excluding carboxylic acids is 4. The molecule has 2 aliphatic heterocycles. The summed E-state index contributed by atoms with van der Waals surface area (Å²) in [6.45, 7) is 5.84. The first-order chi connectivity index (χ1) is 36.1. The molecule has 0 saturated heterocycles. The number of hydrogen-bond donors (Lipinski definition) is 2. The summed E-state index contributed by atoms with van der Waals surface area (Å²) in [6.07, 6.45) is 7.00. The number of anilines is 2. The fraction of sp³-hybridized carbons (Fsp3) is 0.254. The average Bonchev–Trinajstić information content (AvgIpc) is 4.23. The third kappa shape index (κ3) is 9.90. The van der Waals surface area contributed by atoms with Gasteiger partial charge in [0.25, 0.3) is 11.8 Å². The van der Waals surface area contributed by atoms with Gasteiger partial charge in [0.1, 0.15) is 11.5 Å². The Bertz CT molecular complexity index is 3440. The first-order valence-corrected chi connectivity index (χ1v) is 26.5. The number of benzene rings is 4. The first kappa shape index (κ1) is 50.5. The Hall–Kier alpha value is -8.08. The van der Waals surface area contributed by atoms with E-state index in [1.165, 1.54) is 22.7 Å². The second kappa shape index (κ2) is 20.7. The van der Waals surface area contributed by atoms with Gasteiger partial charge in [0.2, 0.25) is 23.6 Å². The monoisotopic (exact) mass is 1040 g/mol. The van der Waals surface area contributed by atoms with E-state index in [2.05, 4.69) is 26.7 Å². The van der Waals surface area contributed by atoms with Crippen molar-refractivity contribution in [3.05, 3.63) is 177 Å². The molecule has 380 valence electrons. The molecular weight excluding hydrogens is 981 g/mol. The van der Waals surface area contributed by atoms with Gasteiger partial charge in [-0.05, 0) is 68.3 Å². The summed E-state index contributed by atoms with van der Waals surface area (Å²) in [5.41, 5.74) is 6.72. The maximum absolute atomic E-state index is 13.9. The summed E-state index contributed by atoms with van der Waals surface area (Å²) < 4.78 is 12.6. The van der Waals surface area contributed by atoms with Crippen LogP contribution in [0.1, 0.15) is 99.2 Å². The Morgan fingerprint density at radius 3 is 1.69 bits per heavy atom. The molecule has 75 heavy (non-hydrogen) atoms. The van der Waals surface area contributed by atoms with Gasteiger partial charge in [0, 0.05) is 107 Å². The van der Waals surface area contributed by atoms with Crippen LogP contribution in [0.15, 0.2) is 139 Å². The predicted molar refractivity (Wildman–Crippen MR) is 293 cm³/mol. The summed E-state index contributed by atoms with van der Waals surface area (Å²) in [5, 5.41) is 9.16. The van der Waals surface area contributed by atoms with Crippen LogP contribution in [-0.2, 0) is 9.59 Å². The predicted octanol–water partition coefficient (Wildman–Crippen LogP) is 12.5. The number of carbonyl (C=O) groups is 4. The Morgan fingerprint density at radius 1 is 0.627 bits per heavy atom. The molecule has 1 saturated carbocycles. The molecule has 4 amide bonds. The SMILES string of the molecule is CN(C)C(=O)c1ccc(-c2ccc3c(n2)Oc2ccccc2C3C2(C(=O)Nc3nccs3)CCCC2)cc1.Cc1cnc(NC(=O)C(C)(C)[C@H]2c3ccccc3Oc3nc(-c4ccc(C(=O)N(C)C)cc4)ccc32)s1. The van der Waals surface area contributed by atoms with Crippen molar-refractivity contribution in [2.45, 2.75) is 58.3 Å². The Labute approximate surface area is 443 Å². The molecule has 3 aliphatic rings. The van der Waals surface area contributed by atoms with Crippen LogP contribution in [0.2, 0.25) is 0 Å². The lowest BCUT2D eigenvalue weighted by Crippen LogP contribution is -2.40. The summed E-state index contributed by atoms with van der Waals surface area (Å²) in [6, 6.07) is 38.5. The van der Waals surface area contributed by atoms with Gasteiger partial charge in [-0.25, -0.2) is 19.9 Å². The summed E-state index contributed by atoms with van der Waals surface area (Å²) in [5.74, 6) is 1.71. The topological polar surface area (TPSA) is 169 Å². The van der Waals surface area contributed by atoms with Crippen molar-refractivity contribution in [3.63, 3.8) is 0 Å². The lowest BCUT2D eigenvalue weighted by molar-refractivity contribution is -0.126. The molecular formula is C59H56N8O6S2. The lowest BCUT2D eigenvalue weighted by atomic mass is 9.66. The molecule has 1 unspecified atom stereocenters. The van der Waals surface area contributed by atoms with E-state index < -0.39 is 10.8 Å². The molecule has 2 atom stereocenters. The van der Waals surface area contributed by atoms with Gasteiger partial charge in [-0.3, -0.25) is 19.2 Å². The highest BCUT2D eigenvalue weighted by Gasteiger charge is 2.52. The van der Waals surface area contributed by atoms with Crippen molar-refractivity contribution in [2.75, 3.05) is 38.8 Å². The Kier molecular flexibility index (Phi) is 13.9. The van der Waals surface area contributed by atoms with E-state index in [9.17, 15) is 19.2 Å². The average molecular weight is 1040 g/mol. The fourth-order valence-corrected chi connectivity index (χ4v) is 11.6. The highest BCUT2D eigenvalue weighted by molar-refractivity contribution is 7.15. The molecule has 8 aromatic rings. The maximum atomic E-state index is 13.9. The molecule has 1 fully saturated rings. The molecule has 6 heterocycles. The van der Waals surface area contributed by atoms with Gasteiger partial charge >= 0.3 is 0 Å². The fourth-order valence-electron chi connectivity index (χ4n) is 10.4. The second-order valence-electron chi connectivity index (χ2n) is 20.0. The molecule has 1 aliphatic carbocycles. The van der Waals surface area contributed by atoms with Crippen LogP contribution >= 0.6 is 22.7 Å². The number of pyridine rings is 2. The summed E-state index contributed by atoms with van der Waals surface area (Å²) >= 11 is 2.88. The number of aromatic nitrogens is 4. The zero-order valence-electron chi connectivity index (χ0n) is 42.7. The second-order valence-corrected chi connectivity index (χ2v) is 22.1. The Balaban J connectivity index is 0.000000171. The van der Waals surface area contributed by atoms with E-state index in [4.69, 9.17) is 19.4 Å². The highest BCUT2D eigenvalue weighted by atomic mass is 32.1. The number of aryl methyl sites for hydroxylation is 1. The van der Waals surface area contributed by atoms with Gasteiger partial charge in [0.05, 0.1) is 22.2 Å². The quantitative estimate of drug-likeness (QED) is 0.134. The molecule has 0 radical (unpaired) electrons. The molecule has 0 spiro atoms. The number of amides is 4. The normalized spacial score (nSPS) is 15.7. The van der Waals surface area contributed by atoms with Crippen molar-refractivity contribution in [1.29, 1.82) is 0 Å². The van der Waals surface area contributed by atoms with Crippen LogP contribution in [0.3, 0.4) is 0 Å². The lowest BCUT2D eigenvalue weighted by Gasteiger charge is -2.40. The van der Waals surface area contributed by atoms with Crippen LogP contribution < -0.4 is 20.1 Å². The third-order valence-corrected chi connectivity index (χ3v) is 15.8. The third-order valence-electron chi connectivity index (χ3n) is 14.2. The first-order valence-electron chi connectivity index (χ1n) is 24.8. The summed E-state index contributed by atoms with van der Waals surface area (Å²) in [4.78, 5) is 74.5. The van der Waals surface area contributed by atoms with Gasteiger partial charge < -0.3 is 29.9 Å². The molecule has 11 rings (SSSR count). The standard InChI is InChI=1S/C30H28N4O3S.C29H28N4O3S/c1-34(2)27(35)20-11-9-19(10-12-20)23-14-13-22-25(21-7-3-4-8-24(21)37-26(22)32-23)30(15-5-6-16-30)28(36)33-29-31-17-18-38-29;1-17-16-30-28(37-17)32-27(35)29(2,3)24-20-8-6-7-9-23(20)36-25-21(24)14-15-22(31-25)18-10-12-19(13-11-18)26(34)33(4)5/h3-4,7-14,17-18,25H,5-6,15-16H2,1-2H3,(H,31,33,36);6-16,24H,1-5H3,(H,30,32,35)/t;24-/m.0/s1. The molecule has 0 bridgehead atoms. The minimum atomic E-state index is -0.828. The van der Waals surface area contributed by atoms with Crippen molar-refractivity contribution in [3.8, 4) is 45.8 Å². The molecule has 4 aromatic heterocycles. The number of nitrogens with one attached hydrogen (secondary N) is 2. The zero-order valence-corrected chi connectivity index (χ0v) is 44.3. The van der Waals surface area contributed by atoms with Gasteiger partial charge in [-0.15, -0.1) is 22.7 Å². The van der Waals surface area contributed by atoms with E-state index in [0.29, 0.717) is 38.9 Å². The van der Waals surface area contributed by atoms with E-state index >= 15 is 0 Å². The van der Waals surface area contributed by atoms with Crippen LogP contribution in [0.25, 0.3) is 22.5 Å². The van der Waals surface area contributed by atoms with Crippen LogP contribution in [0.5, 0.6) is 23.3 Å². The number of hydrogen-bond acceptors (Lipinski definition) is 12. The smallest absolute Gasteiger partial charge is 0.253 e. The minimum absolute atomic E-state index is 0.00262. The van der Waals surface area contributed by atoms with Crippen molar-refractivity contribution < 1.29 is 28.7 Å². The van der Waals surface area contributed by atoms with E-state index in [1.807, 2.05) is 129 Å². The number of rotatable bonds is 10. The maximum Gasteiger partial charge on any atom is 0.253 e. The van der Waals surface area contributed by atoms with E-state index in [-0.39, 0.29) is 35.5 Å². The van der Waals surface area contributed by atoms with E-state index in [0.717, 1.165) is 81.1 Å². The molecule has 2 N–H and O–H groups in total. The number of ether oxygens (including phenoxy) is 2. The molecule has 14 nitrogen and oxygen atoms in total. The van der Waals surface area contributed by atoms with Crippen molar-refractivity contribution in [1.82, 2.24) is 29.7 Å². The zero-order chi connectivity index (χ0) is 52.6. The number of para-hydroxylation sites is 2. The Morgan fingerprint density at radius 2 is 1.16 bits per heavy atom. The van der Waals surface area contributed by atoms with Gasteiger partial charge in [-0.1, -0.05) is 99.5 Å². The van der Waals surface area contributed by atoms with Gasteiger partial charge in [0.15, 0.2) is 10.3 Å². The van der Waals surface area contributed by atoms with Crippen LogP contribution in [-0.4, -0.2) is 81.6 Å². The van der Waals surface area contributed by atoms with Gasteiger partial charge in [-0.2, -0.15) is 0 Å². The highest BCUT2D eigenvalue weighted by Crippen LogP contribution is 2.58.